The standard InChI is InChI=1S/C16H27NO2/c1-5-18-15-8-6-7-14(11-13(4)17)16(15)19-10-9-12(2)3/h6-8,12-13H,5,9-11,17H2,1-4H3. The van der Waals surface area contributed by atoms with Crippen LogP contribution in [0, 0.1) is 5.92 Å². The van der Waals surface area contributed by atoms with E-state index in [-0.39, 0.29) is 6.04 Å². The Morgan fingerprint density at radius 1 is 1.16 bits per heavy atom. The molecule has 0 radical (unpaired) electrons. The van der Waals surface area contributed by atoms with Crippen LogP contribution in [0.3, 0.4) is 0 Å². The molecular weight excluding hydrogens is 238 g/mol. The second-order valence-corrected chi connectivity index (χ2v) is 5.39. The molecule has 1 aromatic carbocycles. The smallest absolute Gasteiger partial charge is 0.164 e. The number of nitrogens with two attached hydrogens (primary N) is 1. The van der Waals surface area contributed by atoms with Crippen LogP contribution in [0.4, 0.5) is 0 Å². The Kier molecular flexibility index (Phi) is 6.71. The monoisotopic (exact) mass is 265 g/mol. The van der Waals surface area contributed by atoms with Crippen molar-refractivity contribution in [1.82, 2.24) is 0 Å². The molecule has 0 saturated carbocycles. The third-order valence-corrected chi connectivity index (χ3v) is 2.84. The fraction of sp³-hybridized carbons (Fsp3) is 0.625. The van der Waals surface area contributed by atoms with Gasteiger partial charge >= 0.3 is 0 Å². The molecule has 1 aromatic rings. The van der Waals surface area contributed by atoms with Crippen LogP contribution in [0.1, 0.15) is 39.7 Å². The molecule has 2 N–H and O–H groups in total. The van der Waals surface area contributed by atoms with Crippen molar-refractivity contribution >= 4 is 0 Å². The molecule has 3 heteroatoms. The molecule has 3 nitrogen and oxygen atoms in total. The highest BCUT2D eigenvalue weighted by atomic mass is 16.5. The summed E-state index contributed by atoms with van der Waals surface area (Å²) in [6, 6.07) is 6.14. The van der Waals surface area contributed by atoms with Crippen LogP contribution in [-0.2, 0) is 6.42 Å². The van der Waals surface area contributed by atoms with Crippen LogP contribution < -0.4 is 15.2 Å². The number of ether oxygens (including phenoxy) is 2. The van der Waals surface area contributed by atoms with Gasteiger partial charge in [-0.25, -0.2) is 0 Å². The summed E-state index contributed by atoms with van der Waals surface area (Å²) >= 11 is 0. The number of rotatable bonds is 8. The van der Waals surface area contributed by atoms with Crippen molar-refractivity contribution in [2.75, 3.05) is 13.2 Å². The van der Waals surface area contributed by atoms with E-state index in [9.17, 15) is 0 Å². The summed E-state index contributed by atoms with van der Waals surface area (Å²) < 4.78 is 11.6. The predicted octanol–water partition coefficient (Wildman–Crippen LogP) is 3.40. The van der Waals surface area contributed by atoms with E-state index >= 15 is 0 Å². The highest BCUT2D eigenvalue weighted by Gasteiger charge is 2.12. The van der Waals surface area contributed by atoms with Crippen LogP contribution in [0.25, 0.3) is 0 Å². The molecule has 0 fully saturated rings. The van der Waals surface area contributed by atoms with E-state index in [4.69, 9.17) is 15.2 Å². The van der Waals surface area contributed by atoms with Crippen molar-refractivity contribution < 1.29 is 9.47 Å². The van der Waals surface area contributed by atoms with Gasteiger partial charge in [-0.2, -0.15) is 0 Å². The molecule has 1 unspecified atom stereocenters. The maximum Gasteiger partial charge on any atom is 0.164 e. The minimum Gasteiger partial charge on any atom is -0.490 e. The first kappa shape index (κ1) is 15.8. The first-order valence-corrected chi connectivity index (χ1v) is 7.17. The lowest BCUT2D eigenvalue weighted by atomic mass is 10.1. The number of para-hydroxylation sites is 1. The summed E-state index contributed by atoms with van der Waals surface area (Å²) in [5.41, 5.74) is 7.03. The Hall–Kier alpha value is -1.22. The Morgan fingerprint density at radius 2 is 1.89 bits per heavy atom. The van der Waals surface area contributed by atoms with Crippen molar-refractivity contribution in [3.05, 3.63) is 23.8 Å². The third kappa shape index (κ3) is 5.52. The van der Waals surface area contributed by atoms with Crippen molar-refractivity contribution in [2.45, 2.75) is 46.6 Å². The molecule has 0 heterocycles. The van der Waals surface area contributed by atoms with E-state index in [2.05, 4.69) is 19.9 Å². The molecular formula is C16H27NO2. The van der Waals surface area contributed by atoms with Crippen LogP contribution in [0.5, 0.6) is 11.5 Å². The highest BCUT2D eigenvalue weighted by Crippen LogP contribution is 2.32. The molecule has 108 valence electrons. The normalized spacial score (nSPS) is 12.5. The molecule has 0 saturated heterocycles. The molecule has 1 atom stereocenters. The number of hydrogen-bond donors (Lipinski definition) is 1. The molecule has 1 rings (SSSR count). The number of hydrogen-bond acceptors (Lipinski definition) is 3. The van der Waals surface area contributed by atoms with Gasteiger partial charge in [0, 0.05) is 6.04 Å². The minimum atomic E-state index is 0.115. The summed E-state index contributed by atoms with van der Waals surface area (Å²) in [6.45, 7) is 9.73. The van der Waals surface area contributed by atoms with Gasteiger partial charge in [0.2, 0.25) is 0 Å². The molecule has 19 heavy (non-hydrogen) atoms. The molecule has 0 bridgehead atoms. The zero-order chi connectivity index (χ0) is 14.3. The van der Waals surface area contributed by atoms with Crippen molar-refractivity contribution in [3.63, 3.8) is 0 Å². The summed E-state index contributed by atoms with van der Waals surface area (Å²) in [7, 11) is 0. The fourth-order valence-electron chi connectivity index (χ4n) is 1.90. The lowest BCUT2D eigenvalue weighted by Crippen LogP contribution is -2.18. The molecule has 0 aliphatic rings. The topological polar surface area (TPSA) is 44.5 Å². The molecule has 0 spiro atoms. The average molecular weight is 265 g/mol. The van der Waals surface area contributed by atoms with Crippen LogP contribution >= 0.6 is 0 Å². The second kappa shape index (κ2) is 8.05. The largest absolute Gasteiger partial charge is 0.490 e. The lowest BCUT2D eigenvalue weighted by Gasteiger charge is -2.17. The van der Waals surface area contributed by atoms with E-state index in [1.807, 2.05) is 26.0 Å². The van der Waals surface area contributed by atoms with Gasteiger partial charge in [-0.1, -0.05) is 26.0 Å². The summed E-state index contributed by atoms with van der Waals surface area (Å²) in [6.07, 6.45) is 1.84. The molecule has 0 aliphatic carbocycles. The van der Waals surface area contributed by atoms with Gasteiger partial charge in [-0.15, -0.1) is 0 Å². The van der Waals surface area contributed by atoms with Gasteiger partial charge in [-0.3, -0.25) is 0 Å². The zero-order valence-corrected chi connectivity index (χ0v) is 12.6. The Bertz CT molecular complexity index is 375. The van der Waals surface area contributed by atoms with Gasteiger partial charge in [0.15, 0.2) is 11.5 Å². The number of benzene rings is 1. The highest BCUT2D eigenvalue weighted by molar-refractivity contribution is 5.47. The van der Waals surface area contributed by atoms with Gasteiger partial charge in [0.05, 0.1) is 13.2 Å². The summed E-state index contributed by atoms with van der Waals surface area (Å²) in [4.78, 5) is 0. The molecule has 0 amide bonds. The van der Waals surface area contributed by atoms with Crippen LogP contribution in [0.15, 0.2) is 18.2 Å². The van der Waals surface area contributed by atoms with Gasteiger partial charge in [-0.05, 0) is 44.2 Å². The van der Waals surface area contributed by atoms with Crippen LogP contribution in [0.2, 0.25) is 0 Å². The fourth-order valence-corrected chi connectivity index (χ4v) is 1.90. The maximum absolute atomic E-state index is 5.95. The quantitative estimate of drug-likeness (QED) is 0.783. The second-order valence-electron chi connectivity index (χ2n) is 5.39. The third-order valence-electron chi connectivity index (χ3n) is 2.84. The van der Waals surface area contributed by atoms with Crippen molar-refractivity contribution in [1.29, 1.82) is 0 Å². The minimum absolute atomic E-state index is 0.115. The van der Waals surface area contributed by atoms with E-state index < -0.39 is 0 Å². The van der Waals surface area contributed by atoms with Gasteiger partial charge < -0.3 is 15.2 Å². The Morgan fingerprint density at radius 3 is 2.47 bits per heavy atom. The van der Waals surface area contributed by atoms with Crippen molar-refractivity contribution in [2.24, 2.45) is 11.7 Å². The first-order chi connectivity index (χ1) is 9.04. The maximum atomic E-state index is 5.95. The first-order valence-electron chi connectivity index (χ1n) is 7.17. The molecule has 0 aromatic heterocycles. The SMILES string of the molecule is CCOc1cccc(CC(C)N)c1OCCC(C)C. The van der Waals surface area contributed by atoms with Crippen molar-refractivity contribution in [3.8, 4) is 11.5 Å². The van der Waals surface area contributed by atoms with Gasteiger partial charge in [0.25, 0.3) is 0 Å². The van der Waals surface area contributed by atoms with E-state index in [1.54, 1.807) is 0 Å². The molecule has 0 aliphatic heterocycles. The van der Waals surface area contributed by atoms with E-state index in [0.29, 0.717) is 19.1 Å². The van der Waals surface area contributed by atoms with Crippen LogP contribution in [-0.4, -0.2) is 19.3 Å². The van der Waals surface area contributed by atoms with E-state index in [0.717, 1.165) is 29.9 Å². The lowest BCUT2D eigenvalue weighted by molar-refractivity contribution is 0.259. The Balaban J connectivity index is 2.86. The zero-order valence-electron chi connectivity index (χ0n) is 12.6. The Labute approximate surface area is 117 Å². The summed E-state index contributed by atoms with van der Waals surface area (Å²) in [5, 5.41) is 0. The van der Waals surface area contributed by atoms with Gasteiger partial charge in [0.1, 0.15) is 0 Å². The average Bonchev–Trinajstić information content (AvgIpc) is 2.31. The summed E-state index contributed by atoms with van der Waals surface area (Å²) in [5.74, 6) is 2.32. The predicted molar refractivity (Wildman–Crippen MR) is 79.9 cm³/mol. The van der Waals surface area contributed by atoms with E-state index in [1.165, 1.54) is 0 Å².